The Balaban J connectivity index is 1.57. The quantitative estimate of drug-likeness (QED) is 0.683. The Hall–Kier alpha value is -0.0400. The van der Waals surface area contributed by atoms with Gasteiger partial charge in [-0.1, -0.05) is 20.3 Å². The zero-order chi connectivity index (χ0) is 13.9. The van der Waals surface area contributed by atoms with Gasteiger partial charge in [-0.25, -0.2) is 0 Å². The number of hydrogen-bond donors (Lipinski definition) is 1. The monoisotopic (exact) mass is 276 g/mol. The van der Waals surface area contributed by atoms with Crippen LogP contribution in [0.15, 0.2) is 0 Å². The van der Waals surface area contributed by atoms with Crippen molar-refractivity contribution in [2.45, 2.75) is 77.7 Å². The summed E-state index contributed by atoms with van der Waals surface area (Å²) in [5.41, 5.74) is 0.656. The summed E-state index contributed by atoms with van der Waals surface area (Å²) in [4.78, 5) is 0. The topological polar surface area (TPSA) is 20.2 Å². The number of fused-ring (bicyclic) bond motifs is 5. The van der Waals surface area contributed by atoms with E-state index in [1.807, 2.05) is 0 Å². The van der Waals surface area contributed by atoms with Crippen LogP contribution in [0.1, 0.15) is 71.6 Å². The third-order valence-corrected chi connectivity index (χ3v) is 8.02. The predicted octanol–water partition coefficient (Wildman–Crippen LogP) is 4.64. The van der Waals surface area contributed by atoms with Crippen molar-refractivity contribution < 1.29 is 5.11 Å². The zero-order valence-corrected chi connectivity index (χ0v) is 13.4. The Bertz CT molecular complexity index is 378. The summed E-state index contributed by atoms with van der Waals surface area (Å²) in [6.45, 7) is 5.08. The first-order valence-corrected chi connectivity index (χ1v) is 9.26. The highest BCUT2D eigenvalue weighted by Gasteiger charge is 2.54. The summed E-state index contributed by atoms with van der Waals surface area (Å²) >= 11 is 0. The Kier molecular flexibility index (Phi) is 3.22. The maximum absolute atomic E-state index is 10.2. The molecular weight excluding hydrogens is 244 g/mol. The summed E-state index contributed by atoms with van der Waals surface area (Å²) in [6.07, 6.45) is 12.6. The van der Waals surface area contributed by atoms with Crippen LogP contribution in [-0.4, -0.2) is 11.2 Å². The van der Waals surface area contributed by atoms with Crippen LogP contribution >= 0.6 is 0 Å². The van der Waals surface area contributed by atoms with Crippen molar-refractivity contribution in [3.05, 3.63) is 0 Å². The van der Waals surface area contributed by atoms with E-state index in [0.29, 0.717) is 11.3 Å². The smallest absolute Gasteiger partial charge is 0.0571 e. The molecule has 4 rings (SSSR count). The van der Waals surface area contributed by atoms with Gasteiger partial charge in [0.1, 0.15) is 0 Å². The van der Waals surface area contributed by atoms with Crippen molar-refractivity contribution in [3.63, 3.8) is 0 Å². The molecule has 4 saturated carbocycles. The van der Waals surface area contributed by atoms with Crippen molar-refractivity contribution in [2.75, 3.05) is 0 Å². The van der Waals surface area contributed by atoms with Gasteiger partial charge in [0.15, 0.2) is 0 Å². The van der Waals surface area contributed by atoms with Crippen LogP contribution in [0.5, 0.6) is 0 Å². The second-order valence-corrected chi connectivity index (χ2v) is 9.06. The van der Waals surface area contributed by atoms with E-state index in [0.717, 1.165) is 36.0 Å². The Labute approximate surface area is 124 Å². The first-order chi connectivity index (χ1) is 9.58. The van der Waals surface area contributed by atoms with Gasteiger partial charge in [0.05, 0.1) is 6.10 Å². The molecule has 4 aliphatic rings. The molecule has 0 bridgehead atoms. The lowest BCUT2D eigenvalue weighted by atomic mass is 9.48. The summed E-state index contributed by atoms with van der Waals surface area (Å²) in [6, 6.07) is 0. The molecule has 0 aliphatic heterocycles. The number of aliphatic hydroxyl groups is 1. The van der Waals surface area contributed by atoms with Gasteiger partial charge in [-0.3, -0.25) is 0 Å². The molecule has 4 fully saturated rings. The van der Waals surface area contributed by atoms with Crippen LogP contribution in [0, 0.1) is 40.9 Å². The molecule has 0 amide bonds. The average Bonchev–Trinajstić information content (AvgIpc) is 2.79. The highest BCUT2D eigenvalue weighted by molar-refractivity contribution is 5.04. The molecule has 1 nitrogen and oxygen atoms in total. The lowest BCUT2D eigenvalue weighted by Gasteiger charge is -2.57. The number of rotatable bonds is 0. The number of aliphatic hydroxyl groups excluding tert-OH is 1. The molecule has 0 aromatic carbocycles. The van der Waals surface area contributed by atoms with E-state index in [1.165, 1.54) is 51.4 Å². The fourth-order valence-electron chi connectivity index (χ4n) is 7.24. The van der Waals surface area contributed by atoms with Gasteiger partial charge in [-0.2, -0.15) is 0 Å². The second-order valence-electron chi connectivity index (χ2n) is 9.06. The van der Waals surface area contributed by atoms with Crippen molar-refractivity contribution in [2.24, 2.45) is 40.9 Å². The van der Waals surface area contributed by atoms with Crippen molar-refractivity contribution in [1.82, 2.24) is 0 Å². The molecule has 8 atom stereocenters. The molecule has 0 saturated heterocycles. The minimum atomic E-state index is 0.0423. The fourth-order valence-corrected chi connectivity index (χ4v) is 7.24. The molecule has 114 valence electrons. The van der Waals surface area contributed by atoms with Crippen molar-refractivity contribution in [3.8, 4) is 0 Å². The first kappa shape index (κ1) is 13.6. The average molecular weight is 276 g/mol. The third kappa shape index (κ3) is 1.91. The van der Waals surface area contributed by atoms with Crippen LogP contribution in [0.25, 0.3) is 0 Å². The summed E-state index contributed by atoms with van der Waals surface area (Å²) < 4.78 is 0. The molecule has 7 unspecified atom stereocenters. The first-order valence-electron chi connectivity index (χ1n) is 9.26. The van der Waals surface area contributed by atoms with Gasteiger partial charge in [-0.05, 0) is 92.3 Å². The van der Waals surface area contributed by atoms with E-state index in [9.17, 15) is 5.11 Å². The SMILES string of the molecule is CC1CCC2C3CCC4C(O)CCC4C3CC[C@]2(C)C1. The van der Waals surface area contributed by atoms with Crippen LogP contribution < -0.4 is 0 Å². The predicted molar refractivity (Wildman–Crippen MR) is 82.3 cm³/mol. The lowest BCUT2D eigenvalue weighted by molar-refractivity contribution is -0.0848. The summed E-state index contributed by atoms with van der Waals surface area (Å²) in [5, 5.41) is 10.2. The van der Waals surface area contributed by atoms with Crippen molar-refractivity contribution >= 4 is 0 Å². The number of hydrogen-bond acceptors (Lipinski definition) is 1. The highest BCUT2D eigenvalue weighted by atomic mass is 16.3. The molecule has 0 radical (unpaired) electrons. The molecule has 4 aliphatic carbocycles. The summed E-state index contributed by atoms with van der Waals surface area (Å²) in [5.74, 6) is 5.49. The Morgan fingerprint density at radius 1 is 0.800 bits per heavy atom. The minimum Gasteiger partial charge on any atom is -0.393 e. The van der Waals surface area contributed by atoms with Gasteiger partial charge in [0, 0.05) is 0 Å². The normalized spacial score (nSPS) is 58.6. The van der Waals surface area contributed by atoms with Gasteiger partial charge < -0.3 is 5.11 Å². The maximum Gasteiger partial charge on any atom is 0.0571 e. The second kappa shape index (κ2) is 4.73. The molecule has 1 N–H and O–H groups in total. The molecule has 0 spiro atoms. The standard InChI is InChI=1S/C19H32O/c1-12-3-7-17-15-4-5-16-13(6-8-18(16)20)14(15)9-10-19(17,2)11-12/h12-18,20H,3-11H2,1-2H3/t12?,13?,14?,15?,16?,17?,18?,19-/m1/s1. The molecule has 20 heavy (non-hydrogen) atoms. The van der Waals surface area contributed by atoms with Crippen molar-refractivity contribution in [1.29, 1.82) is 0 Å². The highest BCUT2D eigenvalue weighted by Crippen LogP contribution is 2.62. The molecule has 1 heteroatoms. The van der Waals surface area contributed by atoms with Gasteiger partial charge in [0.25, 0.3) is 0 Å². The van der Waals surface area contributed by atoms with Crippen LogP contribution in [0.4, 0.5) is 0 Å². The maximum atomic E-state index is 10.2. The Morgan fingerprint density at radius 3 is 2.35 bits per heavy atom. The summed E-state index contributed by atoms with van der Waals surface area (Å²) in [7, 11) is 0. The largest absolute Gasteiger partial charge is 0.393 e. The van der Waals surface area contributed by atoms with Gasteiger partial charge >= 0.3 is 0 Å². The molecular formula is C19H32O. The van der Waals surface area contributed by atoms with Crippen LogP contribution in [0.3, 0.4) is 0 Å². The Morgan fingerprint density at radius 2 is 1.50 bits per heavy atom. The van der Waals surface area contributed by atoms with E-state index >= 15 is 0 Å². The third-order valence-electron chi connectivity index (χ3n) is 8.02. The van der Waals surface area contributed by atoms with Crippen LogP contribution in [0.2, 0.25) is 0 Å². The fraction of sp³-hybridized carbons (Fsp3) is 1.00. The van der Waals surface area contributed by atoms with Gasteiger partial charge in [0.2, 0.25) is 0 Å². The van der Waals surface area contributed by atoms with E-state index in [1.54, 1.807) is 0 Å². The molecule has 0 heterocycles. The van der Waals surface area contributed by atoms with Crippen LogP contribution in [-0.2, 0) is 0 Å². The molecule has 0 aromatic rings. The molecule has 0 aromatic heterocycles. The lowest BCUT2D eigenvalue weighted by Crippen LogP contribution is -2.49. The van der Waals surface area contributed by atoms with E-state index < -0.39 is 0 Å². The minimum absolute atomic E-state index is 0.0423. The van der Waals surface area contributed by atoms with E-state index in [4.69, 9.17) is 0 Å². The van der Waals surface area contributed by atoms with E-state index in [2.05, 4.69) is 13.8 Å². The van der Waals surface area contributed by atoms with Gasteiger partial charge in [-0.15, -0.1) is 0 Å². The van der Waals surface area contributed by atoms with E-state index in [-0.39, 0.29) is 6.10 Å². The zero-order valence-electron chi connectivity index (χ0n) is 13.4.